The highest BCUT2D eigenvalue weighted by molar-refractivity contribution is 5.92. The van der Waals surface area contributed by atoms with Gasteiger partial charge in [-0.3, -0.25) is 4.79 Å². The van der Waals surface area contributed by atoms with Crippen LogP contribution in [0.1, 0.15) is 23.3 Å². The van der Waals surface area contributed by atoms with Crippen LogP contribution in [0.25, 0.3) is 0 Å². The summed E-state index contributed by atoms with van der Waals surface area (Å²) in [4.78, 5) is 29.9. The van der Waals surface area contributed by atoms with Crippen molar-refractivity contribution in [1.29, 1.82) is 0 Å². The Morgan fingerprint density at radius 3 is 2.34 bits per heavy atom. The molecule has 1 heterocycles. The van der Waals surface area contributed by atoms with Crippen molar-refractivity contribution < 1.29 is 28.2 Å². The van der Waals surface area contributed by atoms with Crippen LogP contribution in [0.3, 0.4) is 0 Å². The zero-order valence-electron chi connectivity index (χ0n) is 22.6. The molecule has 0 spiro atoms. The van der Waals surface area contributed by atoms with Crippen molar-refractivity contribution in [2.75, 3.05) is 52.9 Å². The number of aryl methyl sites for hydroxylation is 1. The lowest BCUT2D eigenvalue weighted by Crippen LogP contribution is -2.45. The summed E-state index contributed by atoms with van der Waals surface area (Å²) in [5, 5.41) is 2.90. The zero-order valence-corrected chi connectivity index (χ0v) is 22.6. The summed E-state index contributed by atoms with van der Waals surface area (Å²) in [5.74, 6) is 1.76. The standard InChI is InChI=1S/C29H37N3O6/c1-22-8-11-24(12-9-22)30-29(34)32(15-6-17-35-2)21-28(33)31(20-25-7-5-18-38-25)16-14-23-10-13-26(36-3)27(19-23)37-4/h5,7-13,18-19H,6,14-17,20-21H2,1-4H3,(H,30,34). The quantitative estimate of drug-likeness (QED) is 0.307. The number of nitrogens with one attached hydrogen (secondary N) is 1. The number of urea groups is 1. The first-order chi connectivity index (χ1) is 18.4. The predicted octanol–water partition coefficient (Wildman–Crippen LogP) is 4.75. The number of furan rings is 1. The first kappa shape index (κ1) is 28.6. The Kier molecular flexibility index (Phi) is 11.0. The summed E-state index contributed by atoms with van der Waals surface area (Å²) in [6.45, 7) is 3.50. The molecule has 3 amide bonds. The van der Waals surface area contributed by atoms with Gasteiger partial charge in [-0.1, -0.05) is 23.8 Å². The van der Waals surface area contributed by atoms with Crippen LogP contribution in [-0.2, 0) is 22.5 Å². The van der Waals surface area contributed by atoms with Gasteiger partial charge in [0.05, 0.1) is 27.0 Å². The lowest BCUT2D eigenvalue weighted by atomic mass is 10.1. The van der Waals surface area contributed by atoms with Crippen LogP contribution in [0.2, 0.25) is 0 Å². The second-order valence-electron chi connectivity index (χ2n) is 8.90. The normalized spacial score (nSPS) is 10.6. The Labute approximate surface area is 224 Å². The average molecular weight is 524 g/mol. The van der Waals surface area contributed by atoms with E-state index < -0.39 is 0 Å². The molecule has 0 atom stereocenters. The number of carbonyl (C=O) groups is 2. The third kappa shape index (κ3) is 8.55. The molecule has 0 fully saturated rings. The van der Waals surface area contributed by atoms with Crippen LogP contribution >= 0.6 is 0 Å². The molecule has 0 aliphatic carbocycles. The molecular formula is C29H37N3O6. The van der Waals surface area contributed by atoms with Gasteiger partial charge in [-0.05, 0) is 61.7 Å². The van der Waals surface area contributed by atoms with Crippen molar-refractivity contribution in [2.45, 2.75) is 26.3 Å². The van der Waals surface area contributed by atoms with E-state index in [0.29, 0.717) is 62.0 Å². The molecule has 9 nitrogen and oxygen atoms in total. The second kappa shape index (κ2) is 14.7. The van der Waals surface area contributed by atoms with Gasteiger partial charge in [0.15, 0.2) is 11.5 Å². The number of ether oxygens (including phenoxy) is 3. The molecule has 3 aromatic rings. The van der Waals surface area contributed by atoms with Gasteiger partial charge in [-0.25, -0.2) is 4.79 Å². The fourth-order valence-corrected chi connectivity index (χ4v) is 3.94. The smallest absolute Gasteiger partial charge is 0.322 e. The number of benzene rings is 2. The van der Waals surface area contributed by atoms with Gasteiger partial charge in [0.2, 0.25) is 5.91 Å². The topological polar surface area (TPSA) is 93.5 Å². The van der Waals surface area contributed by atoms with E-state index in [9.17, 15) is 9.59 Å². The monoisotopic (exact) mass is 523 g/mol. The maximum absolute atomic E-state index is 13.5. The van der Waals surface area contributed by atoms with Gasteiger partial charge in [0.25, 0.3) is 0 Å². The molecule has 204 valence electrons. The molecular weight excluding hydrogens is 486 g/mol. The van der Waals surface area contributed by atoms with E-state index in [-0.39, 0.29) is 18.5 Å². The minimum Gasteiger partial charge on any atom is -0.493 e. The van der Waals surface area contributed by atoms with Crippen molar-refractivity contribution in [2.24, 2.45) is 0 Å². The Morgan fingerprint density at radius 1 is 0.921 bits per heavy atom. The maximum Gasteiger partial charge on any atom is 0.322 e. The van der Waals surface area contributed by atoms with Crippen molar-refractivity contribution >= 4 is 17.6 Å². The Hall–Kier alpha value is -3.98. The highest BCUT2D eigenvalue weighted by Crippen LogP contribution is 2.27. The van der Waals surface area contributed by atoms with Gasteiger partial charge in [-0.15, -0.1) is 0 Å². The number of amides is 3. The number of anilines is 1. The van der Waals surface area contributed by atoms with Crippen LogP contribution in [-0.4, -0.2) is 69.3 Å². The third-order valence-electron chi connectivity index (χ3n) is 6.09. The minimum absolute atomic E-state index is 0.0753. The molecule has 0 bridgehead atoms. The first-order valence-electron chi connectivity index (χ1n) is 12.6. The summed E-state index contributed by atoms with van der Waals surface area (Å²) in [6, 6.07) is 16.5. The molecule has 1 N–H and O–H groups in total. The van der Waals surface area contributed by atoms with Gasteiger partial charge in [-0.2, -0.15) is 0 Å². The molecule has 0 aliphatic heterocycles. The number of rotatable bonds is 14. The van der Waals surface area contributed by atoms with E-state index in [4.69, 9.17) is 18.6 Å². The fraction of sp³-hybridized carbons (Fsp3) is 0.379. The minimum atomic E-state index is -0.337. The summed E-state index contributed by atoms with van der Waals surface area (Å²) >= 11 is 0. The Bertz CT molecular complexity index is 1150. The predicted molar refractivity (Wildman–Crippen MR) is 146 cm³/mol. The van der Waals surface area contributed by atoms with E-state index in [1.165, 1.54) is 4.90 Å². The lowest BCUT2D eigenvalue weighted by molar-refractivity contribution is -0.132. The molecule has 3 rings (SSSR count). The van der Waals surface area contributed by atoms with Crippen molar-refractivity contribution in [3.63, 3.8) is 0 Å². The van der Waals surface area contributed by atoms with Crippen molar-refractivity contribution in [3.05, 3.63) is 77.7 Å². The Morgan fingerprint density at radius 2 is 1.68 bits per heavy atom. The highest BCUT2D eigenvalue weighted by Gasteiger charge is 2.22. The fourth-order valence-electron chi connectivity index (χ4n) is 3.94. The second-order valence-corrected chi connectivity index (χ2v) is 8.90. The highest BCUT2D eigenvalue weighted by atomic mass is 16.5. The zero-order chi connectivity index (χ0) is 27.3. The van der Waals surface area contributed by atoms with E-state index in [1.807, 2.05) is 55.5 Å². The summed E-state index contributed by atoms with van der Waals surface area (Å²) < 4.78 is 21.4. The summed E-state index contributed by atoms with van der Waals surface area (Å²) in [5.41, 5.74) is 2.76. The molecule has 0 saturated heterocycles. The number of methoxy groups -OCH3 is 3. The van der Waals surface area contributed by atoms with Crippen LogP contribution in [0.5, 0.6) is 11.5 Å². The molecule has 1 aromatic heterocycles. The molecule has 2 aromatic carbocycles. The number of nitrogens with zero attached hydrogens (tertiary/aromatic N) is 2. The lowest BCUT2D eigenvalue weighted by Gasteiger charge is -2.27. The number of carbonyl (C=O) groups excluding carboxylic acids is 2. The van der Waals surface area contributed by atoms with Crippen molar-refractivity contribution in [3.8, 4) is 11.5 Å². The van der Waals surface area contributed by atoms with E-state index in [0.717, 1.165) is 11.1 Å². The number of hydrogen-bond donors (Lipinski definition) is 1. The average Bonchev–Trinajstić information content (AvgIpc) is 3.44. The molecule has 0 saturated carbocycles. The van der Waals surface area contributed by atoms with Crippen molar-refractivity contribution in [1.82, 2.24) is 9.80 Å². The summed E-state index contributed by atoms with van der Waals surface area (Å²) in [6.07, 6.45) is 2.78. The van der Waals surface area contributed by atoms with Gasteiger partial charge in [0.1, 0.15) is 12.3 Å². The molecule has 0 unspecified atom stereocenters. The molecule has 9 heteroatoms. The van der Waals surface area contributed by atoms with Gasteiger partial charge < -0.3 is 33.7 Å². The third-order valence-corrected chi connectivity index (χ3v) is 6.09. The van der Waals surface area contributed by atoms with Crippen LogP contribution in [0.15, 0.2) is 65.3 Å². The van der Waals surface area contributed by atoms with E-state index in [2.05, 4.69) is 5.32 Å². The number of hydrogen-bond acceptors (Lipinski definition) is 6. The van der Waals surface area contributed by atoms with Crippen LogP contribution < -0.4 is 14.8 Å². The van der Waals surface area contributed by atoms with Crippen LogP contribution in [0, 0.1) is 6.92 Å². The molecule has 38 heavy (non-hydrogen) atoms. The first-order valence-corrected chi connectivity index (χ1v) is 12.6. The van der Waals surface area contributed by atoms with Crippen LogP contribution in [0.4, 0.5) is 10.5 Å². The SMILES string of the molecule is COCCCN(CC(=O)N(CCc1ccc(OC)c(OC)c1)Cc1ccco1)C(=O)Nc1ccc(C)cc1. The summed E-state index contributed by atoms with van der Waals surface area (Å²) in [7, 11) is 4.80. The van der Waals surface area contributed by atoms with Gasteiger partial charge in [0, 0.05) is 32.5 Å². The van der Waals surface area contributed by atoms with E-state index in [1.54, 1.807) is 38.6 Å². The van der Waals surface area contributed by atoms with Gasteiger partial charge >= 0.3 is 6.03 Å². The molecule has 0 aliphatic rings. The van der Waals surface area contributed by atoms with E-state index >= 15 is 0 Å². The Balaban J connectivity index is 1.73. The maximum atomic E-state index is 13.5. The largest absolute Gasteiger partial charge is 0.493 e. The molecule has 0 radical (unpaired) electrons.